The molecule has 1 N–H and O–H groups in total. The summed E-state index contributed by atoms with van der Waals surface area (Å²) >= 11 is 12.5. The average molecular weight is 446 g/mol. The summed E-state index contributed by atoms with van der Waals surface area (Å²) in [5.74, 6) is -1.63. The molecule has 0 saturated carbocycles. The van der Waals surface area contributed by atoms with Crippen molar-refractivity contribution in [2.24, 2.45) is 0 Å². The molecule has 0 aliphatic carbocycles. The van der Waals surface area contributed by atoms with Crippen LogP contribution in [0.3, 0.4) is 0 Å². The van der Waals surface area contributed by atoms with E-state index in [9.17, 15) is 14.7 Å². The molecule has 2 heterocycles. The standard InChI is InChI=1S/C23H21Cl2NO4/c1-13-4-6-14(7-5-13)21(27)19-20(17-9-8-15(24)11-18(17)25)26(23(29)22(19)28)12-16-3-2-10-30-16/h4-9,11,16,20,27H,2-3,10,12H2,1H3/t16-,20+/m0/s1. The second kappa shape index (κ2) is 8.42. The fraction of sp³-hybridized carbons (Fsp3) is 0.304. The fourth-order valence-electron chi connectivity index (χ4n) is 3.99. The Kier molecular flexibility index (Phi) is 5.87. The van der Waals surface area contributed by atoms with Crippen LogP contribution in [0, 0.1) is 6.92 Å². The SMILES string of the molecule is Cc1ccc(C(O)=C2C(=O)C(=O)N(C[C@@H]3CCCO3)[C@@H]2c2ccc(Cl)cc2Cl)cc1. The van der Waals surface area contributed by atoms with Gasteiger partial charge in [0, 0.05) is 28.8 Å². The van der Waals surface area contributed by atoms with Crippen molar-refractivity contribution in [3.8, 4) is 0 Å². The molecule has 0 unspecified atom stereocenters. The average Bonchev–Trinajstić information content (AvgIpc) is 3.31. The number of halogens is 2. The molecule has 2 aromatic carbocycles. The van der Waals surface area contributed by atoms with Gasteiger partial charge in [-0.05, 0) is 37.5 Å². The number of ether oxygens (including phenoxy) is 1. The minimum absolute atomic E-state index is 0.0195. The molecule has 1 amide bonds. The third kappa shape index (κ3) is 3.85. The summed E-state index contributed by atoms with van der Waals surface area (Å²) in [6, 6.07) is 11.2. The van der Waals surface area contributed by atoms with Crippen molar-refractivity contribution in [3.05, 3.63) is 74.8 Å². The quantitative estimate of drug-likeness (QED) is 0.412. The molecule has 2 fully saturated rings. The summed E-state index contributed by atoms with van der Waals surface area (Å²) in [5.41, 5.74) is 2.03. The zero-order valence-corrected chi connectivity index (χ0v) is 17.9. The summed E-state index contributed by atoms with van der Waals surface area (Å²) in [7, 11) is 0. The van der Waals surface area contributed by atoms with E-state index in [-0.39, 0.29) is 24.0 Å². The number of likely N-dealkylation sites (tertiary alicyclic amines) is 1. The van der Waals surface area contributed by atoms with Crippen LogP contribution in [-0.4, -0.2) is 41.0 Å². The van der Waals surface area contributed by atoms with Gasteiger partial charge in [-0.3, -0.25) is 9.59 Å². The number of carbonyl (C=O) groups is 2. The maximum absolute atomic E-state index is 13.0. The second-order valence-electron chi connectivity index (χ2n) is 7.62. The van der Waals surface area contributed by atoms with Crippen LogP contribution in [0.4, 0.5) is 0 Å². The number of aliphatic hydroxyl groups excluding tert-OH is 1. The first kappa shape index (κ1) is 20.9. The number of hydrogen-bond acceptors (Lipinski definition) is 4. The van der Waals surface area contributed by atoms with Gasteiger partial charge in [-0.25, -0.2) is 0 Å². The van der Waals surface area contributed by atoms with Crippen molar-refractivity contribution in [3.63, 3.8) is 0 Å². The highest BCUT2D eigenvalue weighted by Crippen LogP contribution is 2.42. The third-order valence-corrected chi connectivity index (χ3v) is 6.11. The number of benzene rings is 2. The van der Waals surface area contributed by atoms with Gasteiger partial charge in [-0.15, -0.1) is 0 Å². The van der Waals surface area contributed by atoms with Crippen LogP contribution in [0.2, 0.25) is 10.0 Å². The van der Waals surface area contributed by atoms with E-state index in [1.807, 2.05) is 19.1 Å². The minimum Gasteiger partial charge on any atom is -0.507 e. The Labute approximate surface area is 184 Å². The highest BCUT2D eigenvalue weighted by Gasteiger charge is 2.47. The molecule has 2 saturated heterocycles. The topological polar surface area (TPSA) is 66.8 Å². The lowest BCUT2D eigenvalue weighted by molar-refractivity contribution is -0.140. The molecular weight excluding hydrogens is 425 g/mol. The molecule has 0 aromatic heterocycles. The fourth-order valence-corrected chi connectivity index (χ4v) is 4.50. The van der Waals surface area contributed by atoms with E-state index >= 15 is 0 Å². The summed E-state index contributed by atoms with van der Waals surface area (Å²) in [4.78, 5) is 27.4. The van der Waals surface area contributed by atoms with Crippen LogP contribution in [0.5, 0.6) is 0 Å². The summed E-state index contributed by atoms with van der Waals surface area (Å²) in [6.45, 7) is 2.81. The Balaban J connectivity index is 1.85. The Morgan fingerprint density at radius 1 is 1.17 bits per heavy atom. The van der Waals surface area contributed by atoms with Crippen molar-refractivity contribution in [1.29, 1.82) is 0 Å². The lowest BCUT2D eigenvalue weighted by Gasteiger charge is -2.28. The van der Waals surface area contributed by atoms with Gasteiger partial charge in [-0.2, -0.15) is 0 Å². The lowest BCUT2D eigenvalue weighted by Crippen LogP contribution is -2.36. The number of rotatable bonds is 4. The van der Waals surface area contributed by atoms with Crippen molar-refractivity contribution < 1.29 is 19.4 Å². The molecule has 0 radical (unpaired) electrons. The van der Waals surface area contributed by atoms with Gasteiger partial charge in [-0.1, -0.05) is 59.1 Å². The van der Waals surface area contributed by atoms with Crippen LogP contribution < -0.4 is 0 Å². The molecule has 30 heavy (non-hydrogen) atoms. The number of aliphatic hydroxyl groups is 1. The molecule has 0 bridgehead atoms. The van der Waals surface area contributed by atoms with Crippen LogP contribution in [-0.2, 0) is 14.3 Å². The number of aryl methyl sites for hydroxylation is 1. The molecule has 2 atom stereocenters. The maximum atomic E-state index is 13.0. The highest BCUT2D eigenvalue weighted by atomic mass is 35.5. The Hall–Kier alpha value is -2.34. The number of nitrogens with zero attached hydrogens (tertiary/aromatic N) is 1. The van der Waals surface area contributed by atoms with Gasteiger partial charge in [0.15, 0.2) is 0 Å². The van der Waals surface area contributed by atoms with Crippen LogP contribution >= 0.6 is 23.2 Å². The maximum Gasteiger partial charge on any atom is 0.295 e. The normalized spacial score (nSPS) is 23.4. The molecule has 5 nitrogen and oxygen atoms in total. The number of carbonyl (C=O) groups excluding carboxylic acids is 2. The first-order chi connectivity index (χ1) is 14.4. The van der Waals surface area contributed by atoms with Crippen molar-refractivity contribution in [2.45, 2.75) is 31.9 Å². The largest absolute Gasteiger partial charge is 0.507 e. The van der Waals surface area contributed by atoms with Crippen LogP contribution in [0.1, 0.15) is 35.6 Å². The first-order valence-electron chi connectivity index (χ1n) is 9.79. The van der Waals surface area contributed by atoms with E-state index in [0.717, 1.165) is 18.4 Å². The predicted octanol–water partition coefficient (Wildman–Crippen LogP) is 4.90. The van der Waals surface area contributed by atoms with Crippen molar-refractivity contribution >= 4 is 40.7 Å². The van der Waals surface area contributed by atoms with Gasteiger partial charge in [0.1, 0.15) is 5.76 Å². The Morgan fingerprint density at radius 2 is 1.90 bits per heavy atom. The Morgan fingerprint density at radius 3 is 2.53 bits per heavy atom. The number of ketones is 1. The molecule has 2 aliphatic rings. The van der Waals surface area contributed by atoms with Gasteiger partial charge in [0.05, 0.1) is 17.7 Å². The van der Waals surface area contributed by atoms with E-state index in [1.54, 1.807) is 30.3 Å². The van der Waals surface area contributed by atoms with E-state index in [4.69, 9.17) is 27.9 Å². The van der Waals surface area contributed by atoms with Gasteiger partial charge in [0.25, 0.3) is 11.7 Å². The summed E-state index contributed by atoms with van der Waals surface area (Å²) in [5, 5.41) is 11.8. The smallest absolute Gasteiger partial charge is 0.295 e. The number of Topliss-reactive ketones (excluding diaryl/α,β-unsaturated/α-hetero) is 1. The van der Waals surface area contributed by atoms with Crippen molar-refractivity contribution in [2.75, 3.05) is 13.2 Å². The number of amides is 1. The zero-order valence-electron chi connectivity index (χ0n) is 16.4. The summed E-state index contributed by atoms with van der Waals surface area (Å²) in [6.07, 6.45) is 1.56. The third-order valence-electron chi connectivity index (χ3n) is 5.55. The minimum atomic E-state index is -0.819. The monoisotopic (exact) mass is 445 g/mol. The summed E-state index contributed by atoms with van der Waals surface area (Å²) < 4.78 is 5.69. The van der Waals surface area contributed by atoms with Crippen molar-refractivity contribution in [1.82, 2.24) is 4.90 Å². The molecule has 4 rings (SSSR count). The first-order valence-corrected chi connectivity index (χ1v) is 10.5. The Bertz CT molecular complexity index is 1030. The second-order valence-corrected chi connectivity index (χ2v) is 8.46. The zero-order chi connectivity index (χ0) is 21.4. The van der Waals surface area contributed by atoms with Gasteiger partial charge in [0.2, 0.25) is 0 Å². The molecule has 7 heteroatoms. The van der Waals surface area contributed by atoms with Gasteiger partial charge < -0.3 is 14.7 Å². The van der Waals surface area contributed by atoms with E-state index < -0.39 is 17.7 Å². The molecule has 2 aliphatic heterocycles. The van der Waals surface area contributed by atoms with E-state index in [1.165, 1.54) is 4.90 Å². The van der Waals surface area contributed by atoms with Crippen LogP contribution in [0.25, 0.3) is 5.76 Å². The molecule has 156 valence electrons. The molecule has 0 spiro atoms. The number of hydrogen-bond donors (Lipinski definition) is 1. The lowest BCUT2D eigenvalue weighted by atomic mass is 9.95. The van der Waals surface area contributed by atoms with Crippen LogP contribution in [0.15, 0.2) is 48.0 Å². The molecule has 2 aromatic rings. The van der Waals surface area contributed by atoms with E-state index in [2.05, 4.69) is 0 Å². The van der Waals surface area contributed by atoms with Gasteiger partial charge >= 0.3 is 0 Å². The highest BCUT2D eigenvalue weighted by molar-refractivity contribution is 6.47. The van der Waals surface area contributed by atoms with E-state index in [0.29, 0.717) is 27.8 Å². The molecular formula is C23H21Cl2NO4. The predicted molar refractivity (Wildman–Crippen MR) is 116 cm³/mol.